The van der Waals surface area contributed by atoms with Crippen LogP contribution in [0.3, 0.4) is 0 Å². The first kappa shape index (κ1) is 10.9. The van der Waals surface area contributed by atoms with Crippen molar-refractivity contribution in [3.8, 4) is 0 Å². The molecule has 0 N–H and O–H groups in total. The first-order chi connectivity index (χ1) is 7.79. The molecular formula is C13H15NO2. The summed E-state index contributed by atoms with van der Waals surface area (Å²) in [5.74, 6) is -0.183. The summed E-state index contributed by atoms with van der Waals surface area (Å²) in [5, 5.41) is 0. The number of nitrogens with zero attached hydrogens (tertiary/aromatic N) is 1. The minimum atomic E-state index is -0.419. The number of benzene rings is 1. The van der Waals surface area contributed by atoms with E-state index in [1.54, 1.807) is 0 Å². The maximum Gasteiger partial charge on any atom is 0.289 e. The Morgan fingerprint density at radius 2 is 1.94 bits per heavy atom. The fraction of sp³-hybridized carbons (Fsp3) is 0.385. The molecule has 16 heavy (non-hydrogen) atoms. The van der Waals surface area contributed by atoms with Crippen molar-refractivity contribution in [2.75, 3.05) is 0 Å². The van der Waals surface area contributed by atoms with Crippen LogP contribution < -0.4 is 0 Å². The van der Waals surface area contributed by atoms with E-state index in [1.165, 1.54) is 12.0 Å². The molecule has 1 aromatic rings. The number of hydrogen-bond donors (Lipinski definition) is 0. The summed E-state index contributed by atoms with van der Waals surface area (Å²) >= 11 is 0. The number of carbonyl (C=O) groups excluding carboxylic acids is 1. The predicted molar refractivity (Wildman–Crippen MR) is 62.5 cm³/mol. The van der Waals surface area contributed by atoms with Gasteiger partial charge in [0.2, 0.25) is 0 Å². The van der Waals surface area contributed by atoms with Crippen molar-refractivity contribution in [1.29, 1.82) is 0 Å². The number of hydrogen-bond acceptors (Lipinski definition) is 2. The second-order valence-electron chi connectivity index (χ2n) is 3.97. The molecule has 1 aromatic carbocycles. The van der Waals surface area contributed by atoms with Gasteiger partial charge in [0, 0.05) is 6.42 Å². The first-order valence-corrected chi connectivity index (χ1v) is 5.59. The molecule has 1 atom stereocenters. The van der Waals surface area contributed by atoms with Crippen LogP contribution in [-0.2, 0) is 22.4 Å². The minimum Gasteiger partial charge on any atom is -0.470 e. The van der Waals surface area contributed by atoms with Gasteiger partial charge in [-0.15, -0.1) is 0 Å². The number of ether oxygens (including phenoxy) is 1. The molecule has 1 aliphatic rings. The lowest BCUT2D eigenvalue weighted by Gasteiger charge is -2.07. The van der Waals surface area contributed by atoms with E-state index in [2.05, 4.69) is 36.2 Å². The first-order valence-electron chi connectivity index (χ1n) is 5.59. The topological polar surface area (TPSA) is 38.7 Å². The van der Waals surface area contributed by atoms with E-state index in [-0.39, 0.29) is 5.91 Å². The summed E-state index contributed by atoms with van der Waals surface area (Å²) in [6.45, 7) is 2.16. The highest BCUT2D eigenvalue weighted by Crippen LogP contribution is 2.12. The molecule has 1 amide bonds. The van der Waals surface area contributed by atoms with E-state index in [4.69, 9.17) is 4.74 Å². The van der Waals surface area contributed by atoms with Gasteiger partial charge in [0.25, 0.3) is 5.91 Å². The van der Waals surface area contributed by atoms with E-state index in [9.17, 15) is 4.79 Å². The Hall–Kier alpha value is -1.64. The van der Waals surface area contributed by atoms with Crippen molar-refractivity contribution in [3.05, 3.63) is 35.4 Å². The molecule has 0 radical (unpaired) electrons. The van der Waals surface area contributed by atoms with Gasteiger partial charge in [-0.3, -0.25) is 4.79 Å². The van der Waals surface area contributed by atoms with Crippen LogP contribution in [0.2, 0.25) is 0 Å². The number of carbonyl (C=O) groups is 1. The second kappa shape index (κ2) is 4.92. The van der Waals surface area contributed by atoms with Crippen molar-refractivity contribution in [2.45, 2.75) is 32.3 Å². The van der Waals surface area contributed by atoms with Crippen LogP contribution in [0.25, 0.3) is 0 Å². The van der Waals surface area contributed by atoms with E-state index < -0.39 is 6.10 Å². The van der Waals surface area contributed by atoms with Crippen LogP contribution in [0.15, 0.2) is 29.3 Å². The molecule has 0 saturated carbocycles. The largest absolute Gasteiger partial charge is 0.470 e. The normalized spacial score (nSPS) is 18.8. The number of amides is 1. The third-order valence-corrected chi connectivity index (χ3v) is 2.66. The quantitative estimate of drug-likeness (QED) is 0.775. The zero-order valence-electron chi connectivity index (χ0n) is 9.35. The molecule has 3 heteroatoms. The lowest BCUT2D eigenvalue weighted by Crippen LogP contribution is -2.19. The van der Waals surface area contributed by atoms with E-state index in [0.717, 1.165) is 18.4 Å². The molecule has 2 rings (SSSR count). The Labute approximate surface area is 95.2 Å². The average Bonchev–Trinajstić information content (AvgIpc) is 2.68. The lowest BCUT2D eigenvalue weighted by molar-refractivity contribution is -0.122. The smallest absolute Gasteiger partial charge is 0.289 e. The number of rotatable bonds is 4. The molecular weight excluding hydrogens is 202 g/mol. The van der Waals surface area contributed by atoms with Crippen LogP contribution in [0.1, 0.15) is 24.5 Å². The molecule has 1 heterocycles. The van der Waals surface area contributed by atoms with Crippen LogP contribution in [0.5, 0.6) is 0 Å². The van der Waals surface area contributed by atoms with Crippen molar-refractivity contribution >= 4 is 12.3 Å². The average molecular weight is 217 g/mol. The van der Waals surface area contributed by atoms with E-state index in [0.29, 0.717) is 6.42 Å². The molecule has 84 valence electrons. The molecule has 0 aromatic heterocycles. The van der Waals surface area contributed by atoms with Gasteiger partial charge in [0.1, 0.15) is 0 Å². The zero-order chi connectivity index (χ0) is 11.4. The molecule has 0 aliphatic carbocycles. The van der Waals surface area contributed by atoms with Crippen molar-refractivity contribution in [3.63, 3.8) is 0 Å². The summed E-state index contributed by atoms with van der Waals surface area (Å²) in [7, 11) is 0. The molecule has 0 spiro atoms. The third kappa shape index (κ3) is 2.48. The van der Waals surface area contributed by atoms with Crippen LogP contribution >= 0.6 is 0 Å². The zero-order valence-corrected chi connectivity index (χ0v) is 9.35. The van der Waals surface area contributed by atoms with Gasteiger partial charge in [-0.2, -0.15) is 4.99 Å². The monoisotopic (exact) mass is 217 g/mol. The van der Waals surface area contributed by atoms with Gasteiger partial charge in [0.05, 0.1) is 0 Å². The fourth-order valence-corrected chi connectivity index (χ4v) is 1.78. The Balaban J connectivity index is 1.97. The summed E-state index contributed by atoms with van der Waals surface area (Å²) in [6, 6.07) is 8.33. The SMILES string of the molecule is CCCc1ccc(CC2OC=NC2=O)cc1. The minimum absolute atomic E-state index is 0.183. The molecule has 0 saturated heterocycles. The standard InChI is InChI=1S/C13H15NO2/c1-2-3-10-4-6-11(7-5-10)8-12-13(15)14-9-16-12/h4-7,9,12H,2-3,8H2,1H3. The van der Waals surface area contributed by atoms with Gasteiger partial charge >= 0.3 is 0 Å². The summed E-state index contributed by atoms with van der Waals surface area (Å²) in [4.78, 5) is 14.8. The highest BCUT2D eigenvalue weighted by atomic mass is 16.5. The Bertz CT molecular complexity index is 395. The maximum absolute atomic E-state index is 11.2. The predicted octanol–water partition coefficient (Wildman–Crippen LogP) is 2.14. The molecule has 1 unspecified atom stereocenters. The summed E-state index contributed by atoms with van der Waals surface area (Å²) in [5.41, 5.74) is 2.45. The summed E-state index contributed by atoms with van der Waals surface area (Å²) in [6.07, 6.45) is 3.67. The van der Waals surface area contributed by atoms with Gasteiger partial charge in [-0.05, 0) is 17.5 Å². The molecule has 3 nitrogen and oxygen atoms in total. The Kier molecular flexibility index (Phi) is 3.34. The van der Waals surface area contributed by atoms with Gasteiger partial charge < -0.3 is 4.74 Å². The van der Waals surface area contributed by atoms with Crippen molar-refractivity contribution < 1.29 is 9.53 Å². The fourth-order valence-electron chi connectivity index (χ4n) is 1.78. The number of aryl methyl sites for hydroxylation is 1. The van der Waals surface area contributed by atoms with Gasteiger partial charge in [-0.1, -0.05) is 37.6 Å². The Morgan fingerprint density at radius 1 is 1.25 bits per heavy atom. The maximum atomic E-state index is 11.2. The molecule has 0 bridgehead atoms. The highest BCUT2D eigenvalue weighted by molar-refractivity contribution is 5.91. The van der Waals surface area contributed by atoms with Crippen LogP contribution in [-0.4, -0.2) is 18.4 Å². The van der Waals surface area contributed by atoms with Crippen molar-refractivity contribution in [2.24, 2.45) is 4.99 Å². The lowest BCUT2D eigenvalue weighted by atomic mass is 10.0. The van der Waals surface area contributed by atoms with Crippen LogP contribution in [0, 0.1) is 0 Å². The Morgan fingerprint density at radius 3 is 2.50 bits per heavy atom. The number of aliphatic imine (C=N–C) groups is 1. The third-order valence-electron chi connectivity index (χ3n) is 2.66. The van der Waals surface area contributed by atoms with E-state index in [1.807, 2.05) is 0 Å². The van der Waals surface area contributed by atoms with Crippen molar-refractivity contribution in [1.82, 2.24) is 0 Å². The highest BCUT2D eigenvalue weighted by Gasteiger charge is 2.23. The van der Waals surface area contributed by atoms with Crippen LogP contribution in [0.4, 0.5) is 0 Å². The molecule has 0 fully saturated rings. The van der Waals surface area contributed by atoms with E-state index >= 15 is 0 Å². The summed E-state index contributed by atoms with van der Waals surface area (Å²) < 4.78 is 5.11. The van der Waals surface area contributed by atoms with Gasteiger partial charge in [0.15, 0.2) is 12.5 Å². The second-order valence-corrected chi connectivity index (χ2v) is 3.97. The van der Waals surface area contributed by atoms with Gasteiger partial charge in [-0.25, -0.2) is 0 Å². The molecule has 1 aliphatic heterocycles.